The summed E-state index contributed by atoms with van der Waals surface area (Å²) in [5.41, 5.74) is 1.72. The van der Waals surface area contributed by atoms with Gasteiger partial charge in [0, 0.05) is 17.7 Å². The van der Waals surface area contributed by atoms with Crippen LogP contribution in [0, 0.1) is 6.92 Å². The molecule has 5 nitrogen and oxygen atoms in total. The topological polar surface area (TPSA) is 65.0 Å². The van der Waals surface area contributed by atoms with Gasteiger partial charge in [0.25, 0.3) is 0 Å². The van der Waals surface area contributed by atoms with Crippen LogP contribution in [0.1, 0.15) is 11.1 Å². The van der Waals surface area contributed by atoms with Gasteiger partial charge < -0.3 is 19.3 Å². The Bertz CT molecular complexity index is 721. The van der Waals surface area contributed by atoms with Crippen molar-refractivity contribution in [3.05, 3.63) is 59.7 Å². The molecule has 0 saturated heterocycles. The zero-order valence-corrected chi connectivity index (χ0v) is 13.7. The maximum atomic E-state index is 10.7. The molecule has 0 amide bonds. The summed E-state index contributed by atoms with van der Waals surface area (Å²) in [6, 6.07) is 13.0. The molecule has 0 radical (unpaired) electrons. The number of methoxy groups -OCH3 is 1. The van der Waals surface area contributed by atoms with Gasteiger partial charge in [0.15, 0.2) is 0 Å². The van der Waals surface area contributed by atoms with Crippen LogP contribution in [0.5, 0.6) is 17.2 Å². The van der Waals surface area contributed by atoms with Crippen LogP contribution in [0.3, 0.4) is 0 Å². The van der Waals surface area contributed by atoms with Crippen LogP contribution in [0.2, 0.25) is 0 Å². The highest BCUT2D eigenvalue weighted by Gasteiger charge is 2.05. The number of carbonyl (C=O) groups is 1. The van der Waals surface area contributed by atoms with E-state index in [0.717, 1.165) is 17.4 Å². The van der Waals surface area contributed by atoms with Crippen molar-refractivity contribution in [2.75, 3.05) is 20.3 Å². The maximum Gasteiger partial charge on any atom is 0.328 e. The van der Waals surface area contributed by atoms with Crippen molar-refractivity contribution in [3.63, 3.8) is 0 Å². The number of carboxylic acids is 1. The quantitative estimate of drug-likeness (QED) is 0.593. The summed E-state index contributed by atoms with van der Waals surface area (Å²) in [5.74, 6) is 0.981. The molecule has 0 bridgehead atoms. The molecule has 126 valence electrons. The number of ether oxygens (including phenoxy) is 3. The Kier molecular flexibility index (Phi) is 6.25. The minimum Gasteiger partial charge on any atom is -0.497 e. The van der Waals surface area contributed by atoms with Crippen LogP contribution in [0.25, 0.3) is 6.08 Å². The first-order chi connectivity index (χ1) is 11.6. The van der Waals surface area contributed by atoms with E-state index in [0.29, 0.717) is 30.3 Å². The Hall–Kier alpha value is -2.95. The summed E-state index contributed by atoms with van der Waals surface area (Å²) in [7, 11) is 1.56. The lowest BCUT2D eigenvalue weighted by molar-refractivity contribution is -0.131. The Morgan fingerprint density at radius 2 is 1.79 bits per heavy atom. The molecule has 0 unspecified atom stereocenters. The van der Waals surface area contributed by atoms with E-state index in [2.05, 4.69) is 0 Å². The van der Waals surface area contributed by atoms with Gasteiger partial charge in [0.2, 0.25) is 0 Å². The molecule has 0 aliphatic heterocycles. The minimum absolute atomic E-state index is 0.329. The molecule has 0 saturated carbocycles. The van der Waals surface area contributed by atoms with E-state index < -0.39 is 5.97 Å². The summed E-state index contributed by atoms with van der Waals surface area (Å²) in [6.45, 7) is 2.69. The van der Waals surface area contributed by atoms with Crippen molar-refractivity contribution in [1.82, 2.24) is 0 Å². The fraction of sp³-hybridized carbons (Fsp3) is 0.211. The van der Waals surface area contributed by atoms with Crippen LogP contribution >= 0.6 is 0 Å². The van der Waals surface area contributed by atoms with Gasteiger partial charge in [-0.05, 0) is 36.8 Å². The molecular weight excluding hydrogens is 308 g/mol. The lowest BCUT2D eigenvalue weighted by Crippen LogP contribution is -2.10. The summed E-state index contributed by atoms with van der Waals surface area (Å²) in [4.78, 5) is 10.7. The third-order valence-corrected chi connectivity index (χ3v) is 3.32. The molecule has 0 aromatic heterocycles. The average molecular weight is 328 g/mol. The highest BCUT2D eigenvalue weighted by atomic mass is 16.5. The molecule has 0 fully saturated rings. The van der Waals surface area contributed by atoms with Gasteiger partial charge >= 0.3 is 5.97 Å². The first-order valence-corrected chi connectivity index (χ1v) is 7.50. The van der Waals surface area contributed by atoms with Crippen molar-refractivity contribution in [2.24, 2.45) is 0 Å². The second-order valence-electron chi connectivity index (χ2n) is 5.04. The number of para-hydroxylation sites is 1. The van der Waals surface area contributed by atoms with Crippen LogP contribution in [0.15, 0.2) is 48.5 Å². The smallest absolute Gasteiger partial charge is 0.328 e. The molecule has 0 atom stereocenters. The normalized spacial score (nSPS) is 10.6. The summed E-state index contributed by atoms with van der Waals surface area (Å²) in [5, 5.41) is 8.76. The molecular formula is C19H20O5. The Balaban J connectivity index is 1.99. The van der Waals surface area contributed by atoms with Crippen LogP contribution in [-0.4, -0.2) is 31.4 Å². The zero-order valence-electron chi connectivity index (χ0n) is 13.7. The van der Waals surface area contributed by atoms with E-state index in [9.17, 15) is 4.79 Å². The SMILES string of the molecule is COc1ccc(C=CC(=O)O)c(OCCOc2ccccc2C)c1. The standard InChI is InChI=1S/C19H20O5/c1-14-5-3-4-6-17(14)23-11-12-24-18-13-16(22-2)9-7-15(18)8-10-19(20)21/h3-10,13H,11-12H2,1-2H3,(H,20,21). The number of carboxylic acid groups (broad SMARTS) is 1. The van der Waals surface area contributed by atoms with Crippen molar-refractivity contribution in [2.45, 2.75) is 6.92 Å². The number of rotatable bonds is 8. The summed E-state index contributed by atoms with van der Waals surface area (Å²) >= 11 is 0. The zero-order chi connectivity index (χ0) is 17.4. The first-order valence-electron chi connectivity index (χ1n) is 7.50. The number of aliphatic carboxylic acids is 1. The average Bonchev–Trinajstić information content (AvgIpc) is 2.58. The third kappa shape index (κ3) is 5.05. The number of hydrogen-bond acceptors (Lipinski definition) is 4. The van der Waals surface area contributed by atoms with Crippen LogP contribution in [0.4, 0.5) is 0 Å². The molecule has 1 N–H and O–H groups in total. The molecule has 0 aliphatic rings. The Morgan fingerprint density at radius 3 is 2.46 bits per heavy atom. The Labute approximate surface area is 141 Å². The van der Waals surface area contributed by atoms with E-state index in [1.807, 2.05) is 31.2 Å². The molecule has 2 aromatic rings. The maximum absolute atomic E-state index is 10.7. The lowest BCUT2D eigenvalue weighted by atomic mass is 10.1. The van der Waals surface area contributed by atoms with Crippen molar-refractivity contribution in [3.8, 4) is 17.2 Å². The molecule has 0 aliphatic carbocycles. The van der Waals surface area contributed by atoms with Gasteiger partial charge in [0.05, 0.1) is 7.11 Å². The van der Waals surface area contributed by atoms with E-state index in [1.165, 1.54) is 6.08 Å². The predicted octanol–water partition coefficient (Wildman–Crippen LogP) is 3.56. The first kappa shape index (κ1) is 17.4. The van der Waals surface area contributed by atoms with Crippen molar-refractivity contribution < 1.29 is 24.1 Å². The fourth-order valence-corrected chi connectivity index (χ4v) is 2.09. The Morgan fingerprint density at radius 1 is 1.08 bits per heavy atom. The molecule has 0 heterocycles. The minimum atomic E-state index is -1.01. The largest absolute Gasteiger partial charge is 0.497 e. The highest BCUT2D eigenvalue weighted by Crippen LogP contribution is 2.26. The van der Waals surface area contributed by atoms with Gasteiger partial charge in [-0.15, -0.1) is 0 Å². The summed E-state index contributed by atoms with van der Waals surface area (Å²) < 4.78 is 16.6. The lowest BCUT2D eigenvalue weighted by Gasteiger charge is -2.12. The molecule has 0 spiro atoms. The van der Waals surface area contributed by atoms with Gasteiger partial charge in [0.1, 0.15) is 30.5 Å². The van der Waals surface area contributed by atoms with Gasteiger partial charge in [-0.1, -0.05) is 18.2 Å². The number of benzene rings is 2. The predicted molar refractivity (Wildman–Crippen MR) is 91.8 cm³/mol. The molecule has 24 heavy (non-hydrogen) atoms. The van der Waals surface area contributed by atoms with Gasteiger partial charge in [-0.3, -0.25) is 0 Å². The fourth-order valence-electron chi connectivity index (χ4n) is 2.09. The third-order valence-electron chi connectivity index (χ3n) is 3.32. The second-order valence-corrected chi connectivity index (χ2v) is 5.04. The van der Waals surface area contributed by atoms with E-state index in [1.54, 1.807) is 25.3 Å². The van der Waals surface area contributed by atoms with Gasteiger partial charge in [-0.25, -0.2) is 4.79 Å². The van der Waals surface area contributed by atoms with E-state index in [4.69, 9.17) is 19.3 Å². The van der Waals surface area contributed by atoms with E-state index >= 15 is 0 Å². The number of hydrogen-bond donors (Lipinski definition) is 1. The van der Waals surface area contributed by atoms with Crippen molar-refractivity contribution in [1.29, 1.82) is 0 Å². The van der Waals surface area contributed by atoms with Gasteiger partial charge in [-0.2, -0.15) is 0 Å². The van der Waals surface area contributed by atoms with Crippen LogP contribution < -0.4 is 14.2 Å². The van der Waals surface area contributed by atoms with Crippen molar-refractivity contribution >= 4 is 12.0 Å². The monoisotopic (exact) mass is 328 g/mol. The summed E-state index contributed by atoms with van der Waals surface area (Å²) in [6.07, 6.45) is 2.55. The second kappa shape index (κ2) is 8.62. The van der Waals surface area contributed by atoms with E-state index in [-0.39, 0.29) is 0 Å². The highest BCUT2D eigenvalue weighted by molar-refractivity contribution is 5.86. The molecule has 2 aromatic carbocycles. The number of aryl methyl sites for hydroxylation is 1. The van der Waals surface area contributed by atoms with Crippen LogP contribution in [-0.2, 0) is 4.79 Å². The molecule has 2 rings (SSSR count). The molecule has 5 heteroatoms.